The van der Waals surface area contributed by atoms with E-state index in [0.717, 1.165) is 5.69 Å². The molecule has 0 spiro atoms. The monoisotopic (exact) mass is 283 g/mol. The van der Waals surface area contributed by atoms with Crippen molar-refractivity contribution >= 4 is 34.7 Å². The second-order valence-electron chi connectivity index (χ2n) is 3.34. The Morgan fingerprint density at radius 2 is 1.61 bits per heavy atom. The van der Waals surface area contributed by atoms with Crippen LogP contribution in [0.25, 0.3) is 0 Å². The Labute approximate surface area is 117 Å². The van der Waals surface area contributed by atoms with Crippen LogP contribution in [-0.2, 0) is 0 Å². The molecule has 18 heavy (non-hydrogen) atoms. The summed E-state index contributed by atoms with van der Waals surface area (Å²) in [6, 6.07) is 9.55. The summed E-state index contributed by atoms with van der Waals surface area (Å²) in [5.74, 6) is 0.578. The van der Waals surface area contributed by atoms with Gasteiger partial charge in [0.1, 0.15) is 11.0 Å². The SMILES string of the molecule is CC.Cc1ccc(Nc2cc(Cl)nc(Cl)n2)cc1. The molecule has 2 aromatic rings. The van der Waals surface area contributed by atoms with Crippen LogP contribution in [0.3, 0.4) is 0 Å². The summed E-state index contributed by atoms with van der Waals surface area (Å²) < 4.78 is 0. The number of aromatic nitrogens is 2. The third kappa shape index (κ3) is 4.51. The maximum Gasteiger partial charge on any atom is 0.225 e. The van der Waals surface area contributed by atoms with Crippen molar-refractivity contribution in [1.82, 2.24) is 9.97 Å². The van der Waals surface area contributed by atoms with Crippen LogP contribution < -0.4 is 5.32 Å². The van der Waals surface area contributed by atoms with Crippen LogP contribution in [0.15, 0.2) is 30.3 Å². The third-order valence-corrected chi connectivity index (χ3v) is 2.35. The fourth-order valence-corrected chi connectivity index (χ4v) is 1.65. The summed E-state index contributed by atoms with van der Waals surface area (Å²) in [4.78, 5) is 7.78. The number of halogens is 2. The van der Waals surface area contributed by atoms with E-state index in [-0.39, 0.29) is 5.28 Å². The van der Waals surface area contributed by atoms with Gasteiger partial charge >= 0.3 is 0 Å². The lowest BCUT2D eigenvalue weighted by Gasteiger charge is -2.06. The van der Waals surface area contributed by atoms with E-state index in [1.54, 1.807) is 6.07 Å². The molecular formula is C13H15Cl2N3. The van der Waals surface area contributed by atoms with Gasteiger partial charge in [-0.15, -0.1) is 0 Å². The van der Waals surface area contributed by atoms with Crippen LogP contribution in [0.4, 0.5) is 11.5 Å². The smallest absolute Gasteiger partial charge is 0.225 e. The van der Waals surface area contributed by atoms with E-state index < -0.39 is 0 Å². The van der Waals surface area contributed by atoms with E-state index in [9.17, 15) is 0 Å². The molecule has 0 fully saturated rings. The summed E-state index contributed by atoms with van der Waals surface area (Å²) in [6.45, 7) is 6.03. The topological polar surface area (TPSA) is 37.8 Å². The molecule has 0 unspecified atom stereocenters. The van der Waals surface area contributed by atoms with E-state index in [0.29, 0.717) is 11.0 Å². The van der Waals surface area contributed by atoms with Gasteiger partial charge in [-0.2, -0.15) is 0 Å². The average molecular weight is 284 g/mol. The Kier molecular flexibility index (Phi) is 5.89. The summed E-state index contributed by atoms with van der Waals surface area (Å²) >= 11 is 11.5. The van der Waals surface area contributed by atoms with Crippen molar-refractivity contribution in [3.63, 3.8) is 0 Å². The maximum absolute atomic E-state index is 5.77. The van der Waals surface area contributed by atoms with Crippen molar-refractivity contribution in [2.24, 2.45) is 0 Å². The largest absolute Gasteiger partial charge is 0.340 e. The maximum atomic E-state index is 5.77. The molecule has 0 amide bonds. The summed E-state index contributed by atoms with van der Waals surface area (Å²) in [5, 5.41) is 3.53. The van der Waals surface area contributed by atoms with Gasteiger partial charge < -0.3 is 5.32 Å². The minimum absolute atomic E-state index is 0.127. The molecule has 0 saturated carbocycles. The number of anilines is 2. The van der Waals surface area contributed by atoms with Gasteiger partial charge in [-0.25, -0.2) is 9.97 Å². The molecule has 0 aliphatic rings. The Morgan fingerprint density at radius 1 is 1.00 bits per heavy atom. The van der Waals surface area contributed by atoms with Crippen molar-refractivity contribution in [3.05, 3.63) is 46.3 Å². The zero-order chi connectivity index (χ0) is 13.5. The zero-order valence-electron chi connectivity index (χ0n) is 10.5. The lowest BCUT2D eigenvalue weighted by Crippen LogP contribution is -1.95. The van der Waals surface area contributed by atoms with Gasteiger partial charge in [0, 0.05) is 11.8 Å². The van der Waals surface area contributed by atoms with Gasteiger partial charge in [-0.3, -0.25) is 0 Å². The Bertz CT molecular complexity index is 478. The molecule has 0 bridgehead atoms. The first-order chi connectivity index (χ1) is 8.63. The molecule has 3 nitrogen and oxygen atoms in total. The highest BCUT2D eigenvalue weighted by Crippen LogP contribution is 2.19. The van der Waals surface area contributed by atoms with Gasteiger partial charge in [0.05, 0.1) is 0 Å². The fraction of sp³-hybridized carbons (Fsp3) is 0.231. The standard InChI is InChI=1S/C11H9Cl2N3.C2H6/c1-7-2-4-8(5-3-7)14-10-6-9(12)15-11(13)16-10;1-2/h2-6H,1H3,(H,14,15,16);1-2H3. The first kappa shape index (κ1) is 14.7. The number of benzene rings is 1. The van der Waals surface area contributed by atoms with Crippen molar-refractivity contribution < 1.29 is 0 Å². The minimum atomic E-state index is 0.127. The van der Waals surface area contributed by atoms with Crippen molar-refractivity contribution in [3.8, 4) is 0 Å². The molecular weight excluding hydrogens is 269 g/mol. The van der Waals surface area contributed by atoms with E-state index >= 15 is 0 Å². The summed E-state index contributed by atoms with van der Waals surface area (Å²) in [6.07, 6.45) is 0. The first-order valence-corrected chi connectivity index (χ1v) is 6.43. The Balaban J connectivity index is 0.000000771. The highest BCUT2D eigenvalue weighted by molar-refractivity contribution is 6.32. The highest BCUT2D eigenvalue weighted by atomic mass is 35.5. The van der Waals surface area contributed by atoms with Crippen LogP contribution in [0.2, 0.25) is 10.4 Å². The lowest BCUT2D eigenvalue weighted by atomic mass is 10.2. The first-order valence-electron chi connectivity index (χ1n) is 5.67. The predicted octanol–water partition coefficient (Wildman–Crippen LogP) is 4.86. The molecule has 0 radical (unpaired) electrons. The minimum Gasteiger partial charge on any atom is -0.340 e. The quantitative estimate of drug-likeness (QED) is 0.632. The van der Waals surface area contributed by atoms with Crippen LogP contribution in [0, 0.1) is 6.92 Å². The van der Waals surface area contributed by atoms with E-state index in [1.807, 2.05) is 45.0 Å². The van der Waals surface area contributed by atoms with Crippen molar-refractivity contribution in [2.45, 2.75) is 20.8 Å². The molecule has 1 heterocycles. The Hall–Kier alpha value is -1.32. The van der Waals surface area contributed by atoms with Crippen LogP contribution in [0.1, 0.15) is 19.4 Å². The van der Waals surface area contributed by atoms with E-state index in [4.69, 9.17) is 23.2 Å². The highest BCUT2D eigenvalue weighted by Gasteiger charge is 2.01. The normalized spacial score (nSPS) is 9.39. The number of nitrogens with one attached hydrogen (secondary N) is 1. The number of nitrogens with zero attached hydrogens (tertiary/aromatic N) is 2. The number of rotatable bonds is 2. The molecule has 0 aliphatic heterocycles. The van der Waals surface area contributed by atoms with Gasteiger partial charge in [0.15, 0.2) is 0 Å². The number of hydrogen-bond acceptors (Lipinski definition) is 3. The molecule has 96 valence electrons. The van der Waals surface area contributed by atoms with Gasteiger partial charge in [-0.05, 0) is 30.7 Å². The van der Waals surface area contributed by atoms with E-state index in [1.165, 1.54) is 5.56 Å². The molecule has 1 N–H and O–H groups in total. The van der Waals surface area contributed by atoms with Crippen molar-refractivity contribution in [2.75, 3.05) is 5.32 Å². The predicted molar refractivity (Wildman–Crippen MR) is 77.9 cm³/mol. The van der Waals surface area contributed by atoms with Crippen LogP contribution in [-0.4, -0.2) is 9.97 Å². The average Bonchev–Trinajstić information content (AvgIpc) is 2.33. The van der Waals surface area contributed by atoms with Crippen LogP contribution in [0.5, 0.6) is 0 Å². The van der Waals surface area contributed by atoms with E-state index in [2.05, 4.69) is 15.3 Å². The summed E-state index contributed by atoms with van der Waals surface area (Å²) in [7, 11) is 0. The Morgan fingerprint density at radius 3 is 2.17 bits per heavy atom. The van der Waals surface area contributed by atoms with Gasteiger partial charge in [0.2, 0.25) is 5.28 Å². The molecule has 1 aromatic carbocycles. The zero-order valence-corrected chi connectivity index (χ0v) is 12.0. The fourth-order valence-electron chi connectivity index (χ4n) is 1.24. The lowest BCUT2D eigenvalue weighted by molar-refractivity contribution is 1.17. The second kappa shape index (κ2) is 7.19. The summed E-state index contributed by atoms with van der Waals surface area (Å²) in [5.41, 5.74) is 2.13. The number of hydrogen-bond donors (Lipinski definition) is 1. The van der Waals surface area contributed by atoms with Crippen molar-refractivity contribution in [1.29, 1.82) is 0 Å². The molecule has 0 aliphatic carbocycles. The second-order valence-corrected chi connectivity index (χ2v) is 4.06. The third-order valence-electron chi connectivity index (χ3n) is 1.99. The molecule has 2 rings (SSSR count). The molecule has 5 heteroatoms. The van der Waals surface area contributed by atoms with Gasteiger partial charge in [0.25, 0.3) is 0 Å². The van der Waals surface area contributed by atoms with Gasteiger partial charge in [-0.1, -0.05) is 43.1 Å². The van der Waals surface area contributed by atoms with Crippen LogP contribution >= 0.6 is 23.2 Å². The number of aryl methyl sites for hydroxylation is 1. The molecule has 0 atom stereocenters. The molecule has 1 aromatic heterocycles. The molecule has 0 saturated heterocycles.